The summed E-state index contributed by atoms with van der Waals surface area (Å²) >= 11 is 4.59. The molecule has 0 saturated heterocycles. The number of aromatic nitrogens is 4. The fraction of sp³-hybridized carbons (Fsp3) is 0.111. The van der Waals surface area contributed by atoms with Crippen LogP contribution < -0.4 is 4.90 Å². The van der Waals surface area contributed by atoms with Gasteiger partial charge in [-0.25, -0.2) is 9.97 Å². The van der Waals surface area contributed by atoms with Gasteiger partial charge in [-0.3, -0.25) is 14.8 Å². The molecule has 3 aromatic heterocycles. The maximum absolute atomic E-state index is 12.1. The SMILES string of the molecule is CC(=O)N(c1ccccc1)c1nc(CSc2n[nH]c(-c3cccs3)n2)cs1. The summed E-state index contributed by atoms with van der Waals surface area (Å²) in [7, 11) is 0. The van der Waals surface area contributed by atoms with Gasteiger partial charge in [0.25, 0.3) is 0 Å². The summed E-state index contributed by atoms with van der Waals surface area (Å²) in [4.78, 5) is 23.9. The number of rotatable bonds is 6. The standard InChI is InChI=1S/C18H15N5OS3/c1-12(24)23(14-6-3-2-4-7-14)18-19-13(11-27-18)10-26-17-20-16(21-22-17)15-8-5-9-25-15/h2-9,11H,10H2,1H3,(H,20,21,22). The number of carbonyl (C=O) groups excluding carboxylic acids is 1. The summed E-state index contributed by atoms with van der Waals surface area (Å²) in [5.41, 5.74) is 1.71. The third-order valence-corrected chi connectivity index (χ3v) is 6.26. The van der Waals surface area contributed by atoms with E-state index in [4.69, 9.17) is 0 Å². The molecule has 1 amide bonds. The average Bonchev–Trinajstić information content (AvgIpc) is 3.42. The fourth-order valence-electron chi connectivity index (χ4n) is 2.44. The van der Waals surface area contributed by atoms with E-state index >= 15 is 0 Å². The molecule has 0 spiro atoms. The summed E-state index contributed by atoms with van der Waals surface area (Å²) < 4.78 is 0. The van der Waals surface area contributed by atoms with Crippen molar-refractivity contribution >= 4 is 51.2 Å². The average molecular weight is 414 g/mol. The van der Waals surface area contributed by atoms with Crippen molar-refractivity contribution in [1.82, 2.24) is 20.2 Å². The summed E-state index contributed by atoms with van der Waals surface area (Å²) in [6.07, 6.45) is 0. The van der Waals surface area contributed by atoms with Crippen LogP contribution in [-0.4, -0.2) is 26.1 Å². The van der Waals surface area contributed by atoms with Crippen molar-refractivity contribution in [3.63, 3.8) is 0 Å². The Bertz CT molecular complexity index is 1030. The van der Waals surface area contributed by atoms with Crippen LogP contribution in [0.2, 0.25) is 0 Å². The number of benzene rings is 1. The Kier molecular flexibility index (Phi) is 5.33. The summed E-state index contributed by atoms with van der Waals surface area (Å²) in [5, 5.41) is 12.5. The predicted octanol–water partition coefficient (Wildman–Crippen LogP) is 4.97. The van der Waals surface area contributed by atoms with Crippen molar-refractivity contribution < 1.29 is 4.79 Å². The second-order valence-electron chi connectivity index (χ2n) is 5.54. The van der Waals surface area contributed by atoms with E-state index in [2.05, 4.69) is 20.2 Å². The van der Waals surface area contributed by atoms with Crippen molar-refractivity contribution in [1.29, 1.82) is 0 Å². The molecule has 0 unspecified atom stereocenters. The van der Waals surface area contributed by atoms with Gasteiger partial charge in [0, 0.05) is 18.1 Å². The van der Waals surface area contributed by atoms with E-state index in [1.807, 2.05) is 53.2 Å². The highest BCUT2D eigenvalue weighted by atomic mass is 32.2. The Balaban J connectivity index is 1.46. The number of aromatic amines is 1. The quantitative estimate of drug-likeness (QED) is 0.452. The lowest BCUT2D eigenvalue weighted by molar-refractivity contribution is -0.115. The Morgan fingerprint density at radius 2 is 2.00 bits per heavy atom. The molecule has 3 heterocycles. The molecule has 0 aliphatic heterocycles. The van der Waals surface area contributed by atoms with E-state index in [1.165, 1.54) is 23.1 Å². The largest absolute Gasteiger partial charge is 0.274 e. The number of thiazole rings is 1. The fourth-order valence-corrected chi connectivity index (χ4v) is 4.79. The molecule has 0 bridgehead atoms. The number of hydrogen-bond donors (Lipinski definition) is 1. The molecule has 4 rings (SSSR count). The molecular formula is C18H15N5OS3. The Hall–Kier alpha value is -2.49. The van der Waals surface area contributed by atoms with Gasteiger partial charge in [0.15, 0.2) is 11.0 Å². The number of carbonyl (C=O) groups is 1. The molecule has 1 N–H and O–H groups in total. The summed E-state index contributed by atoms with van der Waals surface area (Å²) in [5.74, 6) is 1.35. The first-order valence-electron chi connectivity index (χ1n) is 8.10. The molecule has 0 atom stereocenters. The topological polar surface area (TPSA) is 74.8 Å². The number of thiophene rings is 1. The van der Waals surface area contributed by atoms with Crippen molar-refractivity contribution in [2.75, 3.05) is 4.90 Å². The van der Waals surface area contributed by atoms with Gasteiger partial charge in [-0.1, -0.05) is 36.0 Å². The van der Waals surface area contributed by atoms with E-state index in [0.29, 0.717) is 16.0 Å². The maximum atomic E-state index is 12.1. The molecule has 136 valence electrons. The number of anilines is 2. The van der Waals surface area contributed by atoms with Crippen LogP contribution in [0.4, 0.5) is 10.8 Å². The van der Waals surface area contributed by atoms with Crippen molar-refractivity contribution in [3.05, 3.63) is 58.9 Å². The monoisotopic (exact) mass is 413 g/mol. The highest BCUT2D eigenvalue weighted by Crippen LogP contribution is 2.31. The number of nitrogens with one attached hydrogen (secondary N) is 1. The molecule has 4 aromatic rings. The third-order valence-electron chi connectivity index (χ3n) is 3.63. The zero-order valence-electron chi connectivity index (χ0n) is 14.3. The van der Waals surface area contributed by atoms with Gasteiger partial charge in [0.2, 0.25) is 11.1 Å². The van der Waals surface area contributed by atoms with Gasteiger partial charge in [-0.05, 0) is 23.6 Å². The van der Waals surface area contributed by atoms with Crippen molar-refractivity contribution in [2.45, 2.75) is 17.8 Å². The second kappa shape index (κ2) is 8.03. The van der Waals surface area contributed by atoms with Crippen LogP contribution in [0.1, 0.15) is 12.6 Å². The van der Waals surface area contributed by atoms with Crippen LogP contribution in [0, 0.1) is 0 Å². The Morgan fingerprint density at radius 1 is 1.15 bits per heavy atom. The minimum absolute atomic E-state index is 0.0655. The van der Waals surface area contributed by atoms with E-state index in [1.54, 1.807) is 23.2 Å². The van der Waals surface area contributed by atoms with Crippen molar-refractivity contribution in [3.8, 4) is 10.7 Å². The van der Waals surface area contributed by atoms with Crippen LogP contribution in [0.25, 0.3) is 10.7 Å². The zero-order chi connectivity index (χ0) is 18.6. The number of amides is 1. The lowest BCUT2D eigenvalue weighted by Gasteiger charge is -2.17. The normalized spacial score (nSPS) is 10.9. The number of hydrogen-bond acceptors (Lipinski definition) is 7. The predicted molar refractivity (Wildman–Crippen MR) is 111 cm³/mol. The van der Waals surface area contributed by atoms with Gasteiger partial charge in [0.1, 0.15) is 0 Å². The van der Waals surface area contributed by atoms with Crippen LogP contribution in [0.15, 0.2) is 58.4 Å². The molecule has 0 aliphatic rings. The molecule has 0 aliphatic carbocycles. The van der Waals surface area contributed by atoms with Gasteiger partial charge in [-0.15, -0.1) is 27.8 Å². The van der Waals surface area contributed by atoms with Crippen LogP contribution in [0.5, 0.6) is 0 Å². The van der Waals surface area contributed by atoms with E-state index in [9.17, 15) is 4.79 Å². The number of thioether (sulfide) groups is 1. The molecule has 0 saturated carbocycles. The molecular weight excluding hydrogens is 398 g/mol. The number of nitrogens with zero attached hydrogens (tertiary/aromatic N) is 4. The maximum Gasteiger partial charge on any atom is 0.230 e. The van der Waals surface area contributed by atoms with Gasteiger partial charge < -0.3 is 0 Å². The second-order valence-corrected chi connectivity index (χ2v) is 8.27. The first-order chi connectivity index (χ1) is 13.2. The van der Waals surface area contributed by atoms with E-state index in [0.717, 1.165) is 22.1 Å². The Morgan fingerprint density at radius 3 is 2.74 bits per heavy atom. The van der Waals surface area contributed by atoms with Gasteiger partial charge >= 0.3 is 0 Å². The van der Waals surface area contributed by atoms with Crippen LogP contribution >= 0.6 is 34.4 Å². The smallest absolute Gasteiger partial charge is 0.230 e. The lowest BCUT2D eigenvalue weighted by Crippen LogP contribution is -2.22. The molecule has 0 radical (unpaired) electrons. The minimum Gasteiger partial charge on any atom is -0.274 e. The highest BCUT2D eigenvalue weighted by molar-refractivity contribution is 7.98. The minimum atomic E-state index is -0.0655. The third kappa shape index (κ3) is 4.10. The molecule has 9 heteroatoms. The summed E-state index contributed by atoms with van der Waals surface area (Å²) in [6.45, 7) is 1.54. The van der Waals surface area contributed by atoms with E-state index in [-0.39, 0.29) is 5.91 Å². The molecule has 27 heavy (non-hydrogen) atoms. The van der Waals surface area contributed by atoms with Crippen molar-refractivity contribution in [2.24, 2.45) is 0 Å². The molecule has 1 aromatic carbocycles. The zero-order valence-corrected chi connectivity index (χ0v) is 16.8. The molecule has 0 fully saturated rings. The molecule has 6 nitrogen and oxygen atoms in total. The first-order valence-corrected chi connectivity index (χ1v) is 10.8. The first kappa shape index (κ1) is 17.9. The van der Waals surface area contributed by atoms with E-state index < -0.39 is 0 Å². The van der Waals surface area contributed by atoms with Gasteiger partial charge in [-0.2, -0.15) is 0 Å². The van der Waals surface area contributed by atoms with Crippen LogP contribution in [0.3, 0.4) is 0 Å². The lowest BCUT2D eigenvalue weighted by atomic mass is 10.3. The highest BCUT2D eigenvalue weighted by Gasteiger charge is 2.18. The number of H-pyrrole nitrogens is 1. The van der Waals surface area contributed by atoms with Gasteiger partial charge in [0.05, 0.1) is 16.3 Å². The number of para-hydroxylation sites is 1. The Labute approximate surface area is 168 Å². The van der Waals surface area contributed by atoms with Crippen LogP contribution in [-0.2, 0) is 10.5 Å². The summed E-state index contributed by atoms with van der Waals surface area (Å²) in [6, 6.07) is 13.5.